The molecule has 5 aliphatic rings. The zero-order valence-corrected chi connectivity index (χ0v) is 25.1. The average molecular weight is 581 g/mol. The van der Waals surface area contributed by atoms with Gasteiger partial charge in [0.2, 0.25) is 0 Å². The van der Waals surface area contributed by atoms with Crippen LogP contribution in [0.2, 0.25) is 0 Å². The summed E-state index contributed by atoms with van der Waals surface area (Å²) in [6, 6.07) is 15.4. The highest BCUT2D eigenvalue weighted by Gasteiger charge is 2.88. The maximum absolute atomic E-state index is 13.5. The third-order valence-electron chi connectivity index (χ3n) is 16.0. The molecule has 0 aliphatic heterocycles. The molecule has 5 aliphatic carbocycles. The first-order chi connectivity index (χ1) is 22.5. The fraction of sp³-hybridized carbons (Fsp3) is 0.205. The number of methoxy groups -OCH3 is 1. The third kappa shape index (κ3) is 1.29. The minimum atomic E-state index is -0.199. The lowest BCUT2D eigenvalue weighted by Crippen LogP contribution is -2.29. The van der Waals surface area contributed by atoms with Crippen molar-refractivity contribution < 1.29 is 9.53 Å². The Morgan fingerprint density at radius 1 is 0.543 bits per heavy atom. The Labute approximate surface area is 259 Å². The minimum Gasteiger partial charge on any atom is -0.469 e. The highest BCUT2D eigenvalue weighted by atomic mass is 16.5. The molecule has 1 saturated carbocycles. The van der Waals surface area contributed by atoms with Gasteiger partial charge in [0.15, 0.2) is 0 Å². The van der Waals surface area contributed by atoms with Gasteiger partial charge in [-0.1, -0.05) is 31.2 Å². The van der Waals surface area contributed by atoms with Crippen LogP contribution in [0.4, 0.5) is 0 Å². The van der Waals surface area contributed by atoms with Gasteiger partial charge in [-0.2, -0.15) is 0 Å². The zero-order valence-electron chi connectivity index (χ0n) is 25.1. The Hall–Kier alpha value is -4.95. The van der Waals surface area contributed by atoms with Crippen LogP contribution in [0, 0.1) is 10.8 Å². The van der Waals surface area contributed by atoms with Crippen LogP contribution in [-0.2, 0) is 34.2 Å². The highest BCUT2D eigenvalue weighted by Crippen LogP contribution is 2.92. The number of benzene rings is 8. The molecule has 1 fully saturated rings. The van der Waals surface area contributed by atoms with Crippen LogP contribution in [-0.4, -0.2) is 13.1 Å². The normalized spacial score (nSPS) is 27.1. The molecule has 0 amide bonds. The largest absolute Gasteiger partial charge is 0.469 e. The van der Waals surface area contributed by atoms with Crippen molar-refractivity contribution in [2.75, 3.05) is 7.11 Å². The topological polar surface area (TPSA) is 26.3 Å². The summed E-state index contributed by atoms with van der Waals surface area (Å²) in [5, 5.41) is 33.6. The quantitative estimate of drug-likeness (QED) is 0.150. The smallest absolute Gasteiger partial charge is 0.306 e. The summed E-state index contributed by atoms with van der Waals surface area (Å²) < 4.78 is 5.50. The van der Waals surface area contributed by atoms with Gasteiger partial charge >= 0.3 is 5.97 Å². The molecule has 0 saturated heterocycles. The second-order valence-electron chi connectivity index (χ2n) is 16.7. The van der Waals surface area contributed by atoms with E-state index in [0.717, 1.165) is 19.3 Å². The Balaban J connectivity index is 1.35. The molecule has 0 radical (unpaired) electrons. The van der Waals surface area contributed by atoms with Crippen LogP contribution in [0.3, 0.4) is 0 Å². The second kappa shape index (κ2) is 4.95. The molecule has 0 N–H and O–H groups in total. The molecule has 0 bridgehead atoms. The van der Waals surface area contributed by atoms with E-state index in [9.17, 15) is 4.79 Å². The molecule has 17 rings (SSSR count). The molecule has 208 valence electrons. The molecule has 1 spiro atoms. The van der Waals surface area contributed by atoms with Crippen molar-refractivity contribution in [3.05, 3.63) is 69.8 Å². The number of hydrogen-bond donors (Lipinski definition) is 0. The standard InChI is InChI=1S/C44H20O2/c1-42(12-21(45)46-2)43-10-19-8-17-6-15-4-13-3-14-5-16-7-18-9-20(11-43)29-25(18)33-27(16)31-23(14)22(13)30-26(15)32-24(17)28(19)40-38-36(32)34(30)35(31)37(33)39(38)41(29)44(40,42)43/h4-9H,3,10-12H2,1-2H3. The van der Waals surface area contributed by atoms with E-state index < -0.39 is 0 Å². The van der Waals surface area contributed by atoms with Crippen LogP contribution in [0.1, 0.15) is 46.7 Å². The molecular weight excluding hydrogens is 560 g/mol. The molecule has 12 aromatic carbocycles. The first kappa shape index (κ1) is 20.2. The van der Waals surface area contributed by atoms with E-state index >= 15 is 0 Å². The SMILES string of the molecule is COC(=O)CC1(C)C23Cc4cc5cc6cc7c8c9c(cc%10cc%11cc(c%12c%13c%14c%15c(c4c5c4c6c8c(c%154)c4c9c%10c(c%11%12)c%144)C%1312)C3)C7. The minimum absolute atomic E-state index is 0.0243. The van der Waals surface area contributed by atoms with Crippen LogP contribution in [0.25, 0.3) is 118 Å². The predicted molar refractivity (Wildman–Crippen MR) is 187 cm³/mol. The molecule has 0 aromatic heterocycles. The number of carbonyl (C=O) groups is 1. The van der Waals surface area contributed by atoms with E-state index in [2.05, 4.69) is 43.3 Å². The molecule has 12 aromatic rings. The average Bonchev–Trinajstić information content (AvgIpc) is 3.76. The van der Waals surface area contributed by atoms with Gasteiger partial charge in [0.25, 0.3) is 0 Å². The Kier molecular flexibility index (Phi) is 2.18. The summed E-state index contributed by atoms with van der Waals surface area (Å²) in [5.41, 5.74) is 8.95. The van der Waals surface area contributed by atoms with Gasteiger partial charge in [-0.25, -0.2) is 0 Å². The molecule has 1 unspecified atom stereocenters. The van der Waals surface area contributed by atoms with Gasteiger partial charge in [0.1, 0.15) is 0 Å². The van der Waals surface area contributed by atoms with Crippen molar-refractivity contribution in [1.82, 2.24) is 0 Å². The Morgan fingerprint density at radius 3 is 1.46 bits per heavy atom. The second-order valence-corrected chi connectivity index (χ2v) is 16.7. The summed E-state index contributed by atoms with van der Waals surface area (Å²) in [6.07, 6.45) is 3.60. The van der Waals surface area contributed by atoms with Crippen LogP contribution < -0.4 is 0 Å². The van der Waals surface area contributed by atoms with Crippen molar-refractivity contribution in [2.45, 2.75) is 38.0 Å². The van der Waals surface area contributed by atoms with E-state index in [0.29, 0.717) is 6.42 Å². The number of rotatable bonds is 2. The number of carbonyl (C=O) groups excluding carboxylic acids is 1. The fourth-order valence-corrected chi connectivity index (χ4v) is 15.2. The van der Waals surface area contributed by atoms with Crippen molar-refractivity contribution >= 4 is 124 Å². The molecule has 1 atom stereocenters. The lowest BCUT2D eigenvalue weighted by Gasteiger charge is -2.34. The van der Waals surface area contributed by atoms with Gasteiger partial charge in [-0.3, -0.25) is 4.79 Å². The maximum Gasteiger partial charge on any atom is 0.306 e. The molecular formula is C44H20O2. The van der Waals surface area contributed by atoms with Crippen LogP contribution in [0.5, 0.6) is 0 Å². The van der Waals surface area contributed by atoms with Crippen molar-refractivity contribution in [3.63, 3.8) is 0 Å². The lowest BCUT2D eigenvalue weighted by molar-refractivity contribution is -0.142. The summed E-state index contributed by atoms with van der Waals surface area (Å²) in [7, 11) is 1.58. The highest BCUT2D eigenvalue weighted by molar-refractivity contribution is 6.62. The summed E-state index contributed by atoms with van der Waals surface area (Å²) >= 11 is 0. The maximum atomic E-state index is 13.5. The van der Waals surface area contributed by atoms with E-state index in [1.165, 1.54) is 65.3 Å². The van der Waals surface area contributed by atoms with Crippen molar-refractivity contribution in [3.8, 4) is 0 Å². The first-order valence-corrected chi connectivity index (χ1v) is 17.1. The van der Waals surface area contributed by atoms with Gasteiger partial charge in [-0.05, 0) is 194 Å². The number of esters is 1. The van der Waals surface area contributed by atoms with Gasteiger partial charge in [0, 0.05) is 5.41 Å². The third-order valence-corrected chi connectivity index (χ3v) is 16.0. The Morgan fingerprint density at radius 2 is 0.957 bits per heavy atom. The van der Waals surface area contributed by atoms with Gasteiger partial charge in [-0.15, -0.1) is 0 Å². The summed E-state index contributed by atoms with van der Waals surface area (Å²) in [4.78, 5) is 13.5. The number of ether oxygens (including phenoxy) is 1. The summed E-state index contributed by atoms with van der Waals surface area (Å²) in [5.74, 6) is -0.0557. The van der Waals surface area contributed by atoms with Crippen molar-refractivity contribution in [2.24, 2.45) is 10.8 Å². The molecule has 2 heteroatoms. The van der Waals surface area contributed by atoms with E-state index in [1.54, 1.807) is 93.6 Å². The number of hydrogen-bond acceptors (Lipinski definition) is 2. The summed E-state index contributed by atoms with van der Waals surface area (Å²) in [6.45, 7) is 2.48. The fourth-order valence-electron chi connectivity index (χ4n) is 15.2. The van der Waals surface area contributed by atoms with Gasteiger partial charge in [0.05, 0.1) is 13.5 Å². The monoisotopic (exact) mass is 580 g/mol. The lowest BCUT2D eigenvalue weighted by atomic mass is 9.68. The van der Waals surface area contributed by atoms with Gasteiger partial charge < -0.3 is 4.74 Å². The molecule has 0 heterocycles. The first-order valence-electron chi connectivity index (χ1n) is 17.1. The predicted octanol–water partition coefficient (Wildman–Crippen LogP) is 10.1. The van der Waals surface area contributed by atoms with E-state index in [1.807, 2.05) is 0 Å². The molecule has 46 heavy (non-hydrogen) atoms. The molecule has 2 nitrogen and oxygen atoms in total. The van der Waals surface area contributed by atoms with E-state index in [4.69, 9.17) is 4.74 Å². The van der Waals surface area contributed by atoms with Crippen LogP contribution >= 0.6 is 0 Å². The zero-order chi connectivity index (χ0) is 29.0. The van der Waals surface area contributed by atoms with E-state index in [-0.39, 0.29) is 22.2 Å². The Bertz CT molecular complexity index is 3380. The van der Waals surface area contributed by atoms with Crippen LogP contribution in [0.15, 0.2) is 36.4 Å². The van der Waals surface area contributed by atoms with Crippen molar-refractivity contribution in [1.29, 1.82) is 0 Å².